The van der Waals surface area contributed by atoms with Crippen molar-refractivity contribution in [3.05, 3.63) is 87.4 Å². The minimum atomic E-state index is -0.955. The van der Waals surface area contributed by atoms with Gasteiger partial charge in [0.2, 0.25) is 0 Å². The van der Waals surface area contributed by atoms with Crippen molar-refractivity contribution in [1.82, 2.24) is 0 Å². The molecule has 0 heterocycles. The standard InChI is InChI=1S/C23H20BrNO4/c1-15-12-19(10-11-20(15)24)25-13-18-4-3-5-21(28-2)22(18)29-14-16-6-8-17(9-7-16)23(26)27/h3-13H,14H2,1-2H3,(H,26,27). The fourth-order valence-corrected chi connectivity index (χ4v) is 2.95. The second-order valence-corrected chi connectivity index (χ2v) is 7.22. The lowest BCUT2D eigenvalue weighted by Crippen LogP contribution is -2.02. The van der Waals surface area contributed by atoms with E-state index in [9.17, 15) is 4.79 Å². The van der Waals surface area contributed by atoms with Gasteiger partial charge in [-0.1, -0.05) is 34.1 Å². The van der Waals surface area contributed by atoms with Gasteiger partial charge >= 0.3 is 5.97 Å². The number of rotatable bonds is 7. The van der Waals surface area contributed by atoms with Crippen molar-refractivity contribution < 1.29 is 19.4 Å². The summed E-state index contributed by atoms with van der Waals surface area (Å²) in [6.07, 6.45) is 1.74. The highest BCUT2D eigenvalue weighted by atomic mass is 79.9. The second-order valence-electron chi connectivity index (χ2n) is 6.36. The minimum Gasteiger partial charge on any atom is -0.493 e. The number of aryl methyl sites for hydroxylation is 1. The van der Waals surface area contributed by atoms with Gasteiger partial charge in [0.15, 0.2) is 11.5 Å². The number of aromatic carboxylic acids is 1. The molecule has 0 amide bonds. The zero-order valence-corrected chi connectivity index (χ0v) is 17.6. The van der Waals surface area contributed by atoms with Crippen molar-refractivity contribution in [3.8, 4) is 11.5 Å². The van der Waals surface area contributed by atoms with Gasteiger partial charge in [-0.25, -0.2) is 4.79 Å². The van der Waals surface area contributed by atoms with Crippen LogP contribution in [0.15, 0.2) is 70.1 Å². The maximum atomic E-state index is 11.0. The minimum absolute atomic E-state index is 0.239. The summed E-state index contributed by atoms with van der Waals surface area (Å²) in [6, 6.07) is 18.1. The third kappa shape index (κ3) is 5.23. The monoisotopic (exact) mass is 453 g/mol. The van der Waals surface area contributed by atoms with E-state index < -0.39 is 5.97 Å². The van der Waals surface area contributed by atoms with Crippen molar-refractivity contribution >= 4 is 33.8 Å². The van der Waals surface area contributed by atoms with E-state index in [1.54, 1.807) is 37.6 Å². The van der Waals surface area contributed by atoms with Crippen LogP contribution < -0.4 is 9.47 Å². The highest BCUT2D eigenvalue weighted by Gasteiger charge is 2.10. The number of methoxy groups -OCH3 is 1. The zero-order chi connectivity index (χ0) is 20.8. The Morgan fingerprint density at radius 2 is 1.90 bits per heavy atom. The van der Waals surface area contributed by atoms with Crippen LogP contribution in [0, 0.1) is 6.92 Å². The molecule has 0 spiro atoms. The van der Waals surface area contributed by atoms with Gasteiger partial charge in [0, 0.05) is 16.3 Å². The van der Waals surface area contributed by atoms with Crippen LogP contribution >= 0.6 is 15.9 Å². The number of halogens is 1. The molecule has 0 saturated heterocycles. The lowest BCUT2D eigenvalue weighted by Gasteiger charge is -2.13. The van der Waals surface area contributed by atoms with Gasteiger partial charge in [0.25, 0.3) is 0 Å². The van der Waals surface area contributed by atoms with Crippen molar-refractivity contribution in [3.63, 3.8) is 0 Å². The summed E-state index contributed by atoms with van der Waals surface area (Å²) in [7, 11) is 1.59. The highest BCUT2D eigenvalue weighted by molar-refractivity contribution is 9.10. The first kappa shape index (κ1) is 20.6. The first-order valence-corrected chi connectivity index (χ1v) is 9.69. The molecule has 5 nitrogen and oxygen atoms in total. The molecule has 0 aliphatic heterocycles. The first-order valence-electron chi connectivity index (χ1n) is 8.90. The summed E-state index contributed by atoms with van der Waals surface area (Å²) in [5.74, 6) is 0.224. The smallest absolute Gasteiger partial charge is 0.335 e. The Morgan fingerprint density at radius 1 is 1.14 bits per heavy atom. The second kappa shape index (κ2) is 9.39. The number of para-hydroxylation sites is 1. The van der Waals surface area contributed by atoms with E-state index in [-0.39, 0.29) is 12.2 Å². The van der Waals surface area contributed by atoms with Crippen LogP contribution in [0.1, 0.15) is 27.0 Å². The molecule has 0 aliphatic rings. The molecule has 0 radical (unpaired) electrons. The van der Waals surface area contributed by atoms with Crippen LogP contribution in [0.2, 0.25) is 0 Å². The average molecular weight is 454 g/mol. The number of carbonyl (C=O) groups is 1. The zero-order valence-electron chi connectivity index (χ0n) is 16.1. The van der Waals surface area contributed by atoms with E-state index in [1.807, 2.05) is 43.3 Å². The Balaban J connectivity index is 1.82. The van der Waals surface area contributed by atoms with Crippen LogP contribution in [-0.2, 0) is 6.61 Å². The predicted molar refractivity (Wildman–Crippen MR) is 117 cm³/mol. The first-order chi connectivity index (χ1) is 14.0. The van der Waals surface area contributed by atoms with Crippen molar-refractivity contribution in [2.75, 3.05) is 7.11 Å². The van der Waals surface area contributed by atoms with Gasteiger partial charge in [-0.05, 0) is 60.5 Å². The van der Waals surface area contributed by atoms with Gasteiger partial charge in [-0.3, -0.25) is 4.99 Å². The molecule has 0 fully saturated rings. The van der Waals surface area contributed by atoms with Gasteiger partial charge < -0.3 is 14.6 Å². The van der Waals surface area contributed by atoms with Gasteiger partial charge in [-0.2, -0.15) is 0 Å². The lowest BCUT2D eigenvalue weighted by molar-refractivity contribution is 0.0697. The number of hydrogen-bond acceptors (Lipinski definition) is 4. The van der Waals surface area contributed by atoms with Crippen molar-refractivity contribution in [2.45, 2.75) is 13.5 Å². The molecule has 1 N–H and O–H groups in total. The number of hydrogen-bond donors (Lipinski definition) is 1. The van der Waals surface area contributed by atoms with Crippen LogP contribution in [0.3, 0.4) is 0 Å². The van der Waals surface area contributed by atoms with E-state index in [2.05, 4.69) is 20.9 Å². The Hall–Kier alpha value is -3.12. The average Bonchev–Trinajstić information content (AvgIpc) is 2.73. The third-order valence-corrected chi connectivity index (χ3v) is 5.20. The van der Waals surface area contributed by atoms with E-state index in [0.717, 1.165) is 26.9 Å². The van der Waals surface area contributed by atoms with Crippen LogP contribution in [0.5, 0.6) is 11.5 Å². The van der Waals surface area contributed by atoms with E-state index in [0.29, 0.717) is 11.5 Å². The van der Waals surface area contributed by atoms with Gasteiger partial charge in [-0.15, -0.1) is 0 Å². The topological polar surface area (TPSA) is 68.1 Å². The van der Waals surface area contributed by atoms with Crippen LogP contribution in [-0.4, -0.2) is 24.4 Å². The SMILES string of the molecule is COc1cccc(C=Nc2ccc(Br)c(C)c2)c1OCc1ccc(C(=O)O)cc1. The number of aliphatic imine (C=N–C) groups is 1. The molecule has 29 heavy (non-hydrogen) atoms. The summed E-state index contributed by atoms with van der Waals surface area (Å²) in [5.41, 5.74) is 3.82. The molecule has 0 saturated carbocycles. The molecule has 0 atom stereocenters. The van der Waals surface area contributed by atoms with E-state index in [4.69, 9.17) is 14.6 Å². The Labute approximate surface area is 177 Å². The van der Waals surface area contributed by atoms with E-state index >= 15 is 0 Å². The fraction of sp³-hybridized carbons (Fsp3) is 0.130. The van der Waals surface area contributed by atoms with Crippen molar-refractivity contribution in [2.24, 2.45) is 4.99 Å². The molecule has 0 bridgehead atoms. The number of ether oxygens (including phenoxy) is 2. The third-order valence-electron chi connectivity index (χ3n) is 4.31. The quantitative estimate of drug-likeness (QED) is 0.459. The Morgan fingerprint density at radius 3 is 2.55 bits per heavy atom. The maximum absolute atomic E-state index is 11.0. The molecule has 0 aromatic heterocycles. The number of carboxylic acid groups (broad SMARTS) is 1. The lowest BCUT2D eigenvalue weighted by atomic mass is 10.1. The summed E-state index contributed by atoms with van der Waals surface area (Å²) < 4.78 is 12.5. The molecule has 148 valence electrons. The van der Waals surface area contributed by atoms with Gasteiger partial charge in [0.1, 0.15) is 6.61 Å². The molecular weight excluding hydrogens is 434 g/mol. The number of nitrogens with zero attached hydrogens (tertiary/aromatic N) is 1. The Kier molecular flexibility index (Phi) is 6.67. The Bertz CT molecular complexity index is 1050. The molecule has 3 rings (SSSR count). The molecule has 3 aromatic rings. The van der Waals surface area contributed by atoms with Crippen molar-refractivity contribution in [1.29, 1.82) is 0 Å². The molecular formula is C23H20BrNO4. The maximum Gasteiger partial charge on any atom is 0.335 e. The van der Waals surface area contributed by atoms with Crippen LogP contribution in [0.4, 0.5) is 5.69 Å². The molecule has 3 aromatic carbocycles. The normalized spacial score (nSPS) is 10.9. The summed E-state index contributed by atoms with van der Waals surface area (Å²) in [4.78, 5) is 15.5. The molecule has 0 aliphatic carbocycles. The van der Waals surface area contributed by atoms with Gasteiger partial charge in [0.05, 0.1) is 18.4 Å². The summed E-state index contributed by atoms with van der Waals surface area (Å²) in [6.45, 7) is 2.29. The number of benzene rings is 3. The predicted octanol–water partition coefficient (Wildman–Crippen LogP) is 5.79. The summed E-state index contributed by atoms with van der Waals surface area (Å²) in [5, 5.41) is 9.01. The van der Waals surface area contributed by atoms with E-state index in [1.165, 1.54) is 0 Å². The largest absolute Gasteiger partial charge is 0.493 e. The molecule has 6 heteroatoms. The highest BCUT2D eigenvalue weighted by Crippen LogP contribution is 2.31. The summed E-state index contributed by atoms with van der Waals surface area (Å²) >= 11 is 3.49. The number of carboxylic acids is 1. The van der Waals surface area contributed by atoms with Crippen LogP contribution in [0.25, 0.3) is 0 Å². The fourth-order valence-electron chi connectivity index (χ4n) is 2.70. The molecule has 0 unspecified atom stereocenters.